The first-order chi connectivity index (χ1) is 10.4. The van der Waals surface area contributed by atoms with Gasteiger partial charge in [-0.25, -0.2) is 4.98 Å². The van der Waals surface area contributed by atoms with Gasteiger partial charge < -0.3 is 15.0 Å². The zero-order valence-corrected chi connectivity index (χ0v) is 12.2. The van der Waals surface area contributed by atoms with E-state index >= 15 is 0 Å². The number of alkyl halides is 3. The molecule has 2 aromatic rings. The summed E-state index contributed by atoms with van der Waals surface area (Å²) in [6, 6.07) is 3.31. The molecule has 1 aromatic carbocycles. The highest BCUT2D eigenvalue weighted by molar-refractivity contribution is 5.77. The first-order valence-electron chi connectivity index (χ1n) is 7.32. The van der Waals surface area contributed by atoms with Gasteiger partial charge >= 0.3 is 6.18 Å². The summed E-state index contributed by atoms with van der Waals surface area (Å²) < 4.78 is 45.7. The molecule has 1 aliphatic rings. The smallest absolute Gasteiger partial charge is 0.381 e. The van der Waals surface area contributed by atoms with Crippen molar-refractivity contribution in [2.24, 2.45) is 11.7 Å². The summed E-state index contributed by atoms with van der Waals surface area (Å²) >= 11 is 0. The predicted octanol–water partition coefficient (Wildman–Crippen LogP) is 3.11. The number of nitrogens with zero attached hydrogens (tertiary/aromatic N) is 2. The molecule has 0 bridgehead atoms. The Labute approximate surface area is 126 Å². The second-order valence-corrected chi connectivity index (χ2v) is 5.56. The monoisotopic (exact) mass is 313 g/mol. The third kappa shape index (κ3) is 2.59. The first-order valence-corrected chi connectivity index (χ1v) is 7.32. The van der Waals surface area contributed by atoms with Crippen molar-refractivity contribution in [1.82, 2.24) is 9.55 Å². The van der Waals surface area contributed by atoms with Crippen LogP contribution in [0.2, 0.25) is 0 Å². The highest BCUT2D eigenvalue weighted by atomic mass is 19.4. The van der Waals surface area contributed by atoms with Gasteiger partial charge in [0.2, 0.25) is 0 Å². The quantitative estimate of drug-likeness (QED) is 0.947. The fourth-order valence-corrected chi connectivity index (χ4v) is 2.96. The van der Waals surface area contributed by atoms with Crippen LogP contribution < -0.4 is 5.73 Å². The van der Waals surface area contributed by atoms with Crippen LogP contribution in [-0.2, 0) is 17.5 Å². The van der Waals surface area contributed by atoms with Crippen LogP contribution in [0.15, 0.2) is 18.2 Å². The lowest BCUT2D eigenvalue weighted by Gasteiger charge is -2.18. The molecular formula is C15H18F3N3O. The second kappa shape index (κ2) is 5.55. The topological polar surface area (TPSA) is 53.1 Å². The van der Waals surface area contributed by atoms with Crippen molar-refractivity contribution < 1.29 is 17.9 Å². The lowest BCUT2D eigenvalue weighted by Crippen LogP contribution is -2.25. The third-order valence-electron chi connectivity index (χ3n) is 4.19. The van der Waals surface area contributed by atoms with Crippen LogP contribution in [0.1, 0.15) is 30.8 Å². The number of fused-ring (bicyclic) bond motifs is 1. The summed E-state index contributed by atoms with van der Waals surface area (Å²) in [5, 5.41) is 0. The molecule has 3 rings (SSSR count). The largest absolute Gasteiger partial charge is 0.416 e. The molecule has 22 heavy (non-hydrogen) atoms. The summed E-state index contributed by atoms with van der Waals surface area (Å²) in [6.45, 7) is 3.78. The van der Waals surface area contributed by atoms with Crippen molar-refractivity contribution in [2.45, 2.75) is 32.1 Å². The number of aromatic nitrogens is 2. The van der Waals surface area contributed by atoms with E-state index in [4.69, 9.17) is 10.5 Å². The van der Waals surface area contributed by atoms with Crippen LogP contribution in [0.25, 0.3) is 11.0 Å². The van der Waals surface area contributed by atoms with E-state index in [1.54, 1.807) is 0 Å². The number of hydrogen-bond acceptors (Lipinski definition) is 3. The van der Waals surface area contributed by atoms with Gasteiger partial charge in [0.1, 0.15) is 5.82 Å². The fraction of sp³-hybridized carbons (Fsp3) is 0.533. The predicted molar refractivity (Wildman–Crippen MR) is 76.3 cm³/mol. The van der Waals surface area contributed by atoms with Gasteiger partial charge in [-0.2, -0.15) is 13.2 Å². The molecule has 2 heterocycles. The maximum absolute atomic E-state index is 12.8. The SMILES string of the molecule is CCn1c(C(N)C2CCOC2)nc2cc(C(F)(F)F)ccc21. The van der Waals surface area contributed by atoms with E-state index < -0.39 is 11.7 Å². The Bertz CT molecular complexity index is 674. The van der Waals surface area contributed by atoms with Gasteiger partial charge in [-0.1, -0.05) is 0 Å². The average molecular weight is 313 g/mol. The minimum Gasteiger partial charge on any atom is -0.381 e. The number of ether oxygens (including phenoxy) is 1. The number of rotatable bonds is 3. The number of aryl methyl sites for hydroxylation is 1. The minimum atomic E-state index is -4.37. The zero-order valence-electron chi connectivity index (χ0n) is 12.2. The molecule has 7 heteroatoms. The van der Waals surface area contributed by atoms with Crippen LogP contribution in [0.5, 0.6) is 0 Å². The molecule has 0 amide bonds. The van der Waals surface area contributed by atoms with Gasteiger partial charge in [-0.3, -0.25) is 0 Å². The molecule has 0 radical (unpaired) electrons. The van der Waals surface area contributed by atoms with Gasteiger partial charge in [0.25, 0.3) is 0 Å². The molecule has 1 aliphatic heterocycles. The third-order valence-corrected chi connectivity index (χ3v) is 4.19. The normalized spacial score (nSPS) is 20.7. The highest BCUT2D eigenvalue weighted by Gasteiger charge is 2.32. The summed E-state index contributed by atoms with van der Waals surface area (Å²) in [5.74, 6) is 0.788. The second-order valence-electron chi connectivity index (χ2n) is 5.56. The van der Waals surface area contributed by atoms with Gasteiger partial charge in [-0.15, -0.1) is 0 Å². The van der Waals surface area contributed by atoms with Crippen LogP contribution >= 0.6 is 0 Å². The Morgan fingerprint density at radius 2 is 2.23 bits per heavy atom. The number of nitrogens with two attached hydrogens (primary N) is 1. The van der Waals surface area contributed by atoms with Crippen LogP contribution in [-0.4, -0.2) is 22.8 Å². The van der Waals surface area contributed by atoms with Crippen molar-refractivity contribution in [1.29, 1.82) is 0 Å². The Morgan fingerprint density at radius 3 is 2.82 bits per heavy atom. The van der Waals surface area contributed by atoms with Crippen LogP contribution in [0.4, 0.5) is 13.2 Å². The molecule has 0 saturated carbocycles. The minimum absolute atomic E-state index is 0.157. The molecule has 120 valence electrons. The molecule has 0 spiro atoms. The summed E-state index contributed by atoms with van der Waals surface area (Å²) in [4.78, 5) is 4.38. The van der Waals surface area contributed by atoms with Crippen LogP contribution in [0, 0.1) is 5.92 Å². The standard InChI is InChI=1S/C15H18F3N3O/c1-2-21-12-4-3-10(15(16,17)18)7-11(12)20-14(21)13(19)9-5-6-22-8-9/h3-4,7,9,13H,2,5-6,8,19H2,1H3. The lowest BCUT2D eigenvalue weighted by molar-refractivity contribution is -0.137. The van der Waals surface area contributed by atoms with Crippen LogP contribution in [0.3, 0.4) is 0 Å². The van der Waals surface area contributed by atoms with Crippen molar-refractivity contribution >= 4 is 11.0 Å². The molecule has 2 atom stereocenters. The van der Waals surface area contributed by atoms with Gasteiger partial charge in [0.15, 0.2) is 0 Å². The molecule has 1 saturated heterocycles. The number of benzene rings is 1. The summed E-state index contributed by atoms with van der Waals surface area (Å²) in [5.41, 5.74) is 6.60. The molecule has 1 aromatic heterocycles. The van der Waals surface area contributed by atoms with Gasteiger partial charge in [-0.05, 0) is 31.5 Å². The maximum atomic E-state index is 12.8. The number of halogens is 3. The zero-order chi connectivity index (χ0) is 15.9. The van der Waals surface area contributed by atoms with E-state index in [1.165, 1.54) is 6.07 Å². The summed E-state index contributed by atoms with van der Waals surface area (Å²) in [6.07, 6.45) is -3.52. The van der Waals surface area contributed by atoms with E-state index in [-0.39, 0.29) is 12.0 Å². The molecule has 4 nitrogen and oxygen atoms in total. The van der Waals surface area contributed by atoms with E-state index in [9.17, 15) is 13.2 Å². The Balaban J connectivity index is 2.06. The molecule has 0 aliphatic carbocycles. The van der Waals surface area contributed by atoms with E-state index in [2.05, 4.69) is 4.98 Å². The van der Waals surface area contributed by atoms with Gasteiger partial charge in [0, 0.05) is 19.1 Å². The summed E-state index contributed by atoms with van der Waals surface area (Å²) in [7, 11) is 0. The van der Waals surface area contributed by atoms with Crippen molar-refractivity contribution in [2.75, 3.05) is 13.2 Å². The molecule has 2 N–H and O–H groups in total. The maximum Gasteiger partial charge on any atom is 0.416 e. The Hall–Kier alpha value is -1.60. The lowest BCUT2D eigenvalue weighted by atomic mass is 9.99. The highest BCUT2D eigenvalue weighted by Crippen LogP contribution is 2.33. The van der Waals surface area contributed by atoms with E-state index in [0.29, 0.717) is 36.6 Å². The van der Waals surface area contributed by atoms with Crippen molar-refractivity contribution in [3.63, 3.8) is 0 Å². The molecule has 1 fully saturated rings. The molecular weight excluding hydrogens is 295 g/mol. The van der Waals surface area contributed by atoms with Crippen molar-refractivity contribution in [3.05, 3.63) is 29.6 Å². The van der Waals surface area contributed by atoms with E-state index in [1.807, 2.05) is 11.5 Å². The van der Waals surface area contributed by atoms with Crippen molar-refractivity contribution in [3.8, 4) is 0 Å². The van der Waals surface area contributed by atoms with E-state index in [0.717, 1.165) is 18.6 Å². The number of imidazole rings is 1. The van der Waals surface area contributed by atoms with Gasteiger partial charge in [0.05, 0.1) is 29.2 Å². The molecule has 2 unspecified atom stereocenters. The number of hydrogen-bond donors (Lipinski definition) is 1. The average Bonchev–Trinajstić information content (AvgIpc) is 3.12. The Morgan fingerprint density at radius 1 is 1.45 bits per heavy atom. The Kier molecular flexibility index (Phi) is 3.86. The first kappa shape index (κ1) is 15.3. The fourth-order valence-electron chi connectivity index (χ4n) is 2.96.